The Kier molecular flexibility index (Phi) is 6.88. The lowest BCUT2D eigenvalue weighted by Crippen LogP contribution is -2.47. The Bertz CT molecular complexity index is 918. The number of methoxy groups -OCH3 is 1. The molecule has 0 aliphatic heterocycles. The van der Waals surface area contributed by atoms with Crippen LogP contribution in [0.15, 0.2) is 30.5 Å². The van der Waals surface area contributed by atoms with Crippen LogP contribution in [0, 0.1) is 0 Å². The number of esters is 1. The molecule has 2 rings (SSSR count). The fraction of sp³-hybridized carbons (Fsp3) is 0.565. The highest BCUT2D eigenvalue weighted by molar-refractivity contribution is 6.74. The van der Waals surface area contributed by atoms with Gasteiger partial charge in [0.25, 0.3) is 0 Å². The van der Waals surface area contributed by atoms with Gasteiger partial charge < -0.3 is 13.9 Å². The third kappa shape index (κ3) is 5.52. The minimum Gasteiger partial charge on any atom is -0.467 e. The van der Waals surface area contributed by atoms with Gasteiger partial charge in [-0.2, -0.15) is 0 Å². The predicted molar refractivity (Wildman–Crippen MR) is 121 cm³/mol. The lowest BCUT2D eigenvalue weighted by molar-refractivity contribution is -0.149. The molecule has 1 aromatic heterocycles. The van der Waals surface area contributed by atoms with E-state index in [0.717, 1.165) is 16.5 Å². The lowest BCUT2D eigenvalue weighted by atomic mass is 10.1. The largest absolute Gasteiger partial charge is 0.467 e. The SMILES string of the molecule is COC(=O)[C@H](Cc1cn(C(=O)OC(C)(C)C)c2ccccc12)O[Si](C)(C)C(C)(C)C. The minimum atomic E-state index is -2.21. The summed E-state index contributed by atoms with van der Waals surface area (Å²) >= 11 is 0. The fourth-order valence-corrected chi connectivity index (χ4v) is 4.16. The van der Waals surface area contributed by atoms with Crippen LogP contribution in [0.5, 0.6) is 0 Å². The van der Waals surface area contributed by atoms with Crippen molar-refractivity contribution in [3.05, 3.63) is 36.0 Å². The van der Waals surface area contributed by atoms with E-state index in [4.69, 9.17) is 13.9 Å². The number of benzene rings is 1. The Morgan fingerprint density at radius 2 is 1.67 bits per heavy atom. The molecule has 0 fully saturated rings. The molecular weight excluding hydrogens is 398 g/mol. The summed E-state index contributed by atoms with van der Waals surface area (Å²) in [5.74, 6) is -0.408. The van der Waals surface area contributed by atoms with Crippen molar-refractivity contribution in [1.29, 1.82) is 0 Å². The monoisotopic (exact) mass is 433 g/mol. The second-order valence-electron chi connectivity index (χ2n) is 10.1. The van der Waals surface area contributed by atoms with Crippen molar-refractivity contribution in [2.75, 3.05) is 7.11 Å². The molecule has 1 aromatic carbocycles. The third-order valence-electron chi connectivity index (χ3n) is 5.50. The molecule has 166 valence electrons. The maximum Gasteiger partial charge on any atom is 0.419 e. The maximum absolute atomic E-state index is 12.7. The molecule has 0 unspecified atom stereocenters. The first kappa shape index (κ1) is 24.1. The molecule has 7 heteroatoms. The van der Waals surface area contributed by atoms with Gasteiger partial charge in [-0.1, -0.05) is 39.0 Å². The molecule has 0 saturated carbocycles. The molecular formula is C23H35NO5Si. The van der Waals surface area contributed by atoms with Gasteiger partial charge in [-0.25, -0.2) is 9.59 Å². The topological polar surface area (TPSA) is 66.8 Å². The number of aromatic nitrogens is 1. The molecule has 2 aromatic rings. The summed E-state index contributed by atoms with van der Waals surface area (Å²) in [6.45, 7) is 16.1. The smallest absolute Gasteiger partial charge is 0.419 e. The minimum absolute atomic E-state index is 0.0518. The van der Waals surface area contributed by atoms with E-state index in [1.165, 1.54) is 11.7 Å². The van der Waals surface area contributed by atoms with Crippen molar-refractivity contribution < 1.29 is 23.5 Å². The van der Waals surface area contributed by atoms with E-state index in [1.54, 1.807) is 6.20 Å². The van der Waals surface area contributed by atoms with E-state index < -0.39 is 32.1 Å². The second kappa shape index (κ2) is 8.55. The number of para-hydroxylation sites is 1. The zero-order valence-electron chi connectivity index (χ0n) is 19.7. The molecule has 0 aliphatic carbocycles. The Morgan fingerprint density at radius 1 is 1.07 bits per heavy atom. The number of carbonyl (C=O) groups is 2. The number of rotatable bonds is 5. The Labute approximate surface area is 180 Å². The molecule has 0 spiro atoms. The van der Waals surface area contributed by atoms with Crippen molar-refractivity contribution in [2.45, 2.75) is 77.8 Å². The summed E-state index contributed by atoms with van der Waals surface area (Å²) in [6, 6.07) is 7.58. The van der Waals surface area contributed by atoms with Crippen LogP contribution < -0.4 is 0 Å². The maximum atomic E-state index is 12.7. The predicted octanol–water partition coefficient (Wildman–Crippen LogP) is 5.53. The highest BCUT2D eigenvalue weighted by atomic mass is 28.4. The van der Waals surface area contributed by atoms with Crippen LogP contribution in [0.1, 0.15) is 47.1 Å². The van der Waals surface area contributed by atoms with Crippen molar-refractivity contribution in [2.24, 2.45) is 0 Å². The number of hydrogen-bond donors (Lipinski definition) is 0. The van der Waals surface area contributed by atoms with Crippen molar-refractivity contribution in [1.82, 2.24) is 4.57 Å². The van der Waals surface area contributed by atoms with Gasteiger partial charge in [-0.15, -0.1) is 0 Å². The summed E-state index contributed by atoms with van der Waals surface area (Å²) < 4.78 is 18.5. The first-order chi connectivity index (χ1) is 13.7. The summed E-state index contributed by atoms with van der Waals surface area (Å²) in [5.41, 5.74) is 0.964. The molecule has 0 N–H and O–H groups in total. The number of hydrogen-bond acceptors (Lipinski definition) is 5. The standard InChI is InChI=1S/C23H35NO5Si/c1-22(2,3)28-21(26)24-15-16(17-12-10-11-13-18(17)24)14-19(20(25)27-7)29-30(8,9)23(4,5)6/h10-13,15,19H,14H2,1-9H3/t19-/m0/s1. The third-order valence-corrected chi connectivity index (χ3v) is 9.98. The van der Waals surface area contributed by atoms with Crippen LogP contribution in [-0.4, -0.2) is 43.8 Å². The molecule has 1 atom stereocenters. The van der Waals surface area contributed by atoms with E-state index >= 15 is 0 Å². The van der Waals surface area contributed by atoms with Crippen LogP contribution >= 0.6 is 0 Å². The average Bonchev–Trinajstić information content (AvgIpc) is 2.97. The number of carbonyl (C=O) groups excluding carboxylic acids is 2. The average molecular weight is 434 g/mol. The first-order valence-corrected chi connectivity index (χ1v) is 13.1. The molecule has 1 heterocycles. The molecule has 0 bridgehead atoms. The van der Waals surface area contributed by atoms with Crippen molar-refractivity contribution in [3.63, 3.8) is 0 Å². The van der Waals surface area contributed by atoms with Crippen LogP contribution in [0.4, 0.5) is 4.79 Å². The quantitative estimate of drug-likeness (QED) is 0.458. The van der Waals surface area contributed by atoms with Gasteiger partial charge in [-0.3, -0.25) is 4.57 Å². The van der Waals surface area contributed by atoms with Gasteiger partial charge in [-0.05, 0) is 50.5 Å². The summed E-state index contributed by atoms with van der Waals surface area (Å²) in [4.78, 5) is 25.3. The van der Waals surface area contributed by atoms with Crippen LogP contribution in [0.3, 0.4) is 0 Å². The number of ether oxygens (including phenoxy) is 2. The van der Waals surface area contributed by atoms with Crippen LogP contribution in [0.2, 0.25) is 18.1 Å². The van der Waals surface area contributed by atoms with Gasteiger partial charge in [0.05, 0.1) is 12.6 Å². The van der Waals surface area contributed by atoms with E-state index in [0.29, 0.717) is 6.42 Å². The number of fused-ring (bicyclic) bond motifs is 1. The van der Waals surface area contributed by atoms with Gasteiger partial charge in [0.2, 0.25) is 0 Å². The van der Waals surface area contributed by atoms with E-state index in [-0.39, 0.29) is 5.04 Å². The van der Waals surface area contributed by atoms with Gasteiger partial charge in [0, 0.05) is 18.0 Å². The highest BCUT2D eigenvalue weighted by Crippen LogP contribution is 2.38. The molecule has 0 amide bonds. The van der Waals surface area contributed by atoms with Crippen LogP contribution in [0.25, 0.3) is 10.9 Å². The molecule has 0 aliphatic rings. The number of nitrogens with zero attached hydrogens (tertiary/aromatic N) is 1. The highest BCUT2D eigenvalue weighted by Gasteiger charge is 2.41. The van der Waals surface area contributed by atoms with Crippen LogP contribution in [-0.2, 0) is 25.1 Å². The fourth-order valence-electron chi connectivity index (χ4n) is 2.91. The van der Waals surface area contributed by atoms with E-state index in [9.17, 15) is 9.59 Å². The normalized spacial score (nSPS) is 13.9. The molecule has 30 heavy (non-hydrogen) atoms. The van der Waals surface area contributed by atoms with E-state index in [2.05, 4.69) is 33.9 Å². The Hall–Kier alpha value is -2.12. The summed E-state index contributed by atoms with van der Waals surface area (Å²) in [7, 11) is -0.845. The van der Waals surface area contributed by atoms with Gasteiger partial charge in [0.1, 0.15) is 11.7 Å². The lowest BCUT2D eigenvalue weighted by Gasteiger charge is -2.38. The van der Waals surface area contributed by atoms with Gasteiger partial charge in [0.15, 0.2) is 8.32 Å². The molecule has 0 saturated heterocycles. The zero-order valence-corrected chi connectivity index (χ0v) is 20.7. The van der Waals surface area contributed by atoms with E-state index in [1.807, 2.05) is 45.0 Å². The summed E-state index contributed by atoms with van der Waals surface area (Å²) in [5, 5.41) is 0.833. The van der Waals surface area contributed by atoms with Crippen molar-refractivity contribution in [3.8, 4) is 0 Å². The second-order valence-corrected chi connectivity index (χ2v) is 14.9. The molecule has 6 nitrogen and oxygen atoms in total. The molecule has 0 radical (unpaired) electrons. The first-order valence-electron chi connectivity index (χ1n) is 10.2. The Morgan fingerprint density at radius 3 is 2.20 bits per heavy atom. The van der Waals surface area contributed by atoms with Gasteiger partial charge >= 0.3 is 12.1 Å². The van der Waals surface area contributed by atoms with Crippen molar-refractivity contribution >= 4 is 31.3 Å². The Balaban J connectivity index is 2.45. The zero-order chi connectivity index (χ0) is 22.9. The summed E-state index contributed by atoms with van der Waals surface area (Å²) in [6.07, 6.45) is 0.859.